The molecule has 1 unspecified atom stereocenters. The highest BCUT2D eigenvalue weighted by molar-refractivity contribution is 5.12. The van der Waals surface area contributed by atoms with Gasteiger partial charge in [0, 0.05) is 25.7 Å². The summed E-state index contributed by atoms with van der Waals surface area (Å²) >= 11 is 0. The first-order chi connectivity index (χ1) is 8.69. The summed E-state index contributed by atoms with van der Waals surface area (Å²) in [5.74, 6) is 0.809. The molecule has 1 aromatic heterocycles. The van der Waals surface area contributed by atoms with Crippen LogP contribution in [0.1, 0.15) is 32.7 Å². The number of rotatable bonds is 8. The summed E-state index contributed by atoms with van der Waals surface area (Å²) in [6.07, 6.45) is 6.31. The summed E-state index contributed by atoms with van der Waals surface area (Å²) < 4.78 is 13.0. The van der Waals surface area contributed by atoms with Gasteiger partial charge in [0.2, 0.25) is 0 Å². The molecule has 0 aromatic carbocycles. The normalized spacial score (nSPS) is 17.1. The number of methoxy groups -OCH3 is 1. The molecule has 0 aliphatic heterocycles. The van der Waals surface area contributed by atoms with Crippen LogP contribution >= 0.6 is 0 Å². The lowest BCUT2D eigenvalue weighted by Gasteiger charge is -2.17. The van der Waals surface area contributed by atoms with E-state index in [1.807, 2.05) is 10.9 Å². The Morgan fingerprint density at radius 2 is 2.28 bits per heavy atom. The Bertz CT molecular complexity index is 361. The fraction of sp³-hybridized carbons (Fsp3) is 0.769. The lowest BCUT2D eigenvalue weighted by atomic mass is 10.3. The van der Waals surface area contributed by atoms with Gasteiger partial charge >= 0.3 is 0 Å². The Hall–Kier alpha value is -1.07. The molecule has 1 aromatic rings. The maximum atomic E-state index is 5.89. The van der Waals surface area contributed by atoms with Crippen LogP contribution in [-0.2, 0) is 4.74 Å². The van der Waals surface area contributed by atoms with E-state index in [0.29, 0.717) is 18.7 Å². The van der Waals surface area contributed by atoms with Gasteiger partial charge in [-0.1, -0.05) is 0 Å². The molecular formula is C13H23N3O2. The number of nitrogens with one attached hydrogen (secondary N) is 1. The molecule has 0 radical (unpaired) electrons. The topological polar surface area (TPSA) is 48.3 Å². The Kier molecular flexibility index (Phi) is 4.60. The van der Waals surface area contributed by atoms with Gasteiger partial charge in [0.15, 0.2) is 5.75 Å². The average molecular weight is 253 g/mol. The van der Waals surface area contributed by atoms with E-state index in [4.69, 9.17) is 9.47 Å². The van der Waals surface area contributed by atoms with Crippen LogP contribution in [0.3, 0.4) is 0 Å². The maximum Gasteiger partial charge on any atom is 0.157 e. The van der Waals surface area contributed by atoms with Crippen molar-refractivity contribution >= 4 is 0 Å². The molecular weight excluding hydrogens is 230 g/mol. The zero-order valence-corrected chi connectivity index (χ0v) is 11.4. The molecule has 0 spiro atoms. The van der Waals surface area contributed by atoms with Crippen molar-refractivity contribution in [3.8, 4) is 5.75 Å². The molecule has 1 N–H and O–H groups in total. The summed E-state index contributed by atoms with van der Waals surface area (Å²) in [4.78, 5) is 0. The first-order valence-corrected chi connectivity index (χ1v) is 6.62. The van der Waals surface area contributed by atoms with Crippen molar-refractivity contribution in [2.24, 2.45) is 0 Å². The third-order valence-corrected chi connectivity index (χ3v) is 2.97. The van der Waals surface area contributed by atoms with Crippen LogP contribution in [0.5, 0.6) is 5.75 Å². The van der Waals surface area contributed by atoms with E-state index in [0.717, 1.165) is 12.3 Å². The van der Waals surface area contributed by atoms with Crippen LogP contribution in [0.25, 0.3) is 0 Å². The van der Waals surface area contributed by atoms with Gasteiger partial charge < -0.3 is 14.8 Å². The third kappa shape index (κ3) is 3.99. The van der Waals surface area contributed by atoms with Crippen LogP contribution < -0.4 is 10.1 Å². The highest BCUT2D eigenvalue weighted by Gasteiger charge is 2.22. The van der Waals surface area contributed by atoms with E-state index in [2.05, 4.69) is 24.3 Å². The molecule has 0 bridgehead atoms. The van der Waals surface area contributed by atoms with E-state index in [-0.39, 0.29) is 6.10 Å². The number of aromatic nitrogens is 2. The van der Waals surface area contributed by atoms with Gasteiger partial charge in [-0.15, -0.1) is 0 Å². The quantitative estimate of drug-likeness (QED) is 0.764. The number of ether oxygens (including phenoxy) is 2. The minimum Gasteiger partial charge on any atom is -0.483 e. The summed E-state index contributed by atoms with van der Waals surface area (Å²) in [5.41, 5.74) is 0. The SMILES string of the molecule is COCC(CNC1CC1)Oc1cnn(C(C)C)c1. The van der Waals surface area contributed by atoms with Gasteiger partial charge in [0.05, 0.1) is 19.0 Å². The van der Waals surface area contributed by atoms with Crippen molar-refractivity contribution in [1.29, 1.82) is 0 Å². The van der Waals surface area contributed by atoms with Crippen molar-refractivity contribution in [3.63, 3.8) is 0 Å². The smallest absolute Gasteiger partial charge is 0.157 e. The van der Waals surface area contributed by atoms with E-state index < -0.39 is 0 Å². The first-order valence-electron chi connectivity index (χ1n) is 6.62. The van der Waals surface area contributed by atoms with Crippen molar-refractivity contribution in [2.45, 2.75) is 44.9 Å². The molecule has 18 heavy (non-hydrogen) atoms. The lowest BCUT2D eigenvalue weighted by molar-refractivity contribution is 0.0803. The van der Waals surface area contributed by atoms with E-state index in [9.17, 15) is 0 Å². The summed E-state index contributed by atoms with van der Waals surface area (Å²) in [5, 5.41) is 7.73. The zero-order chi connectivity index (χ0) is 13.0. The molecule has 1 atom stereocenters. The highest BCUT2D eigenvalue weighted by Crippen LogP contribution is 2.19. The van der Waals surface area contributed by atoms with E-state index in [1.165, 1.54) is 12.8 Å². The number of nitrogens with zero attached hydrogens (tertiary/aromatic N) is 2. The van der Waals surface area contributed by atoms with Gasteiger partial charge in [-0.3, -0.25) is 4.68 Å². The molecule has 1 heterocycles. The van der Waals surface area contributed by atoms with Crippen molar-refractivity contribution in [3.05, 3.63) is 12.4 Å². The van der Waals surface area contributed by atoms with Crippen molar-refractivity contribution in [2.75, 3.05) is 20.3 Å². The fourth-order valence-corrected chi connectivity index (χ4v) is 1.76. The summed E-state index contributed by atoms with van der Waals surface area (Å²) in [6.45, 7) is 5.61. The summed E-state index contributed by atoms with van der Waals surface area (Å²) in [6, 6.07) is 1.04. The van der Waals surface area contributed by atoms with Crippen LogP contribution in [0.15, 0.2) is 12.4 Å². The first kappa shape index (κ1) is 13.4. The van der Waals surface area contributed by atoms with Gasteiger partial charge in [-0.25, -0.2) is 0 Å². The maximum absolute atomic E-state index is 5.89. The van der Waals surface area contributed by atoms with E-state index in [1.54, 1.807) is 13.3 Å². The largest absolute Gasteiger partial charge is 0.483 e. The van der Waals surface area contributed by atoms with Crippen LogP contribution in [0.2, 0.25) is 0 Å². The van der Waals surface area contributed by atoms with Crippen molar-refractivity contribution < 1.29 is 9.47 Å². The third-order valence-electron chi connectivity index (χ3n) is 2.97. The Balaban J connectivity index is 1.84. The van der Waals surface area contributed by atoms with Gasteiger partial charge in [0.25, 0.3) is 0 Å². The number of hydrogen-bond donors (Lipinski definition) is 1. The van der Waals surface area contributed by atoms with Gasteiger partial charge in [0.1, 0.15) is 6.10 Å². The minimum absolute atomic E-state index is 0.0420. The highest BCUT2D eigenvalue weighted by atomic mass is 16.5. The van der Waals surface area contributed by atoms with Crippen molar-refractivity contribution in [1.82, 2.24) is 15.1 Å². The fourth-order valence-electron chi connectivity index (χ4n) is 1.76. The Morgan fingerprint density at radius 3 is 2.83 bits per heavy atom. The monoisotopic (exact) mass is 253 g/mol. The molecule has 1 aliphatic carbocycles. The second kappa shape index (κ2) is 6.20. The molecule has 1 aliphatic rings. The molecule has 2 rings (SSSR count). The predicted molar refractivity (Wildman–Crippen MR) is 69.9 cm³/mol. The molecule has 5 heteroatoms. The van der Waals surface area contributed by atoms with Crippen LogP contribution in [0, 0.1) is 0 Å². The lowest BCUT2D eigenvalue weighted by Crippen LogP contribution is -2.35. The molecule has 1 saturated carbocycles. The molecule has 0 saturated heterocycles. The second-order valence-electron chi connectivity index (χ2n) is 5.13. The zero-order valence-electron chi connectivity index (χ0n) is 11.4. The molecule has 5 nitrogen and oxygen atoms in total. The average Bonchev–Trinajstić information content (AvgIpc) is 3.04. The summed E-state index contributed by atoms with van der Waals surface area (Å²) in [7, 11) is 1.70. The van der Waals surface area contributed by atoms with Gasteiger partial charge in [-0.2, -0.15) is 5.10 Å². The minimum atomic E-state index is 0.0420. The Labute approximate surface area is 108 Å². The van der Waals surface area contributed by atoms with Gasteiger partial charge in [-0.05, 0) is 26.7 Å². The molecule has 0 amide bonds. The second-order valence-corrected chi connectivity index (χ2v) is 5.13. The Morgan fingerprint density at radius 1 is 1.50 bits per heavy atom. The van der Waals surface area contributed by atoms with Crippen LogP contribution in [0.4, 0.5) is 0 Å². The number of hydrogen-bond acceptors (Lipinski definition) is 4. The predicted octanol–water partition coefficient (Wildman–Crippen LogP) is 1.61. The van der Waals surface area contributed by atoms with E-state index >= 15 is 0 Å². The molecule has 1 fully saturated rings. The molecule has 102 valence electrons. The standard InChI is InChI=1S/C13H23N3O2/c1-10(2)16-8-12(7-15-16)18-13(9-17-3)6-14-11-4-5-11/h7-8,10-11,13-14H,4-6,9H2,1-3H3. The van der Waals surface area contributed by atoms with Crippen LogP contribution in [-0.4, -0.2) is 42.2 Å².